The number of benzene rings is 4. The van der Waals surface area contributed by atoms with E-state index in [0.29, 0.717) is 36.0 Å². The molecule has 0 spiro atoms. The van der Waals surface area contributed by atoms with Crippen LogP contribution in [0.2, 0.25) is 0 Å². The quantitative estimate of drug-likeness (QED) is 0.158. The molecule has 6 nitrogen and oxygen atoms in total. The number of rotatable bonds is 14. The molecule has 4 rings (SSSR count). The molecule has 0 aliphatic rings. The molecule has 0 aliphatic heterocycles. The Morgan fingerprint density at radius 1 is 0.767 bits per heavy atom. The van der Waals surface area contributed by atoms with E-state index in [2.05, 4.69) is 51.2 Å². The third kappa shape index (κ3) is 9.74. The molecule has 224 valence electrons. The number of nitrogens with one attached hydrogen (secondary N) is 1. The highest BCUT2D eigenvalue weighted by molar-refractivity contribution is 5.96. The van der Waals surface area contributed by atoms with Crippen LogP contribution in [0.15, 0.2) is 91.0 Å². The van der Waals surface area contributed by atoms with Crippen molar-refractivity contribution in [3.63, 3.8) is 0 Å². The van der Waals surface area contributed by atoms with Crippen molar-refractivity contribution in [1.29, 1.82) is 0 Å². The molecule has 1 amide bonds. The molecule has 0 saturated heterocycles. The lowest BCUT2D eigenvalue weighted by Crippen LogP contribution is -2.30. The van der Waals surface area contributed by atoms with Crippen LogP contribution in [0.1, 0.15) is 76.5 Å². The second-order valence-corrected chi connectivity index (χ2v) is 11.5. The molecule has 0 radical (unpaired) electrons. The van der Waals surface area contributed by atoms with Crippen molar-refractivity contribution >= 4 is 11.9 Å². The van der Waals surface area contributed by atoms with E-state index >= 15 is 0 Å². The van der Waals surface area contributed by atoms with Gasteiger partial charge in [-0.15, -0.1) is 0 Å². The first-order valence-electron chi connectivity index (χ1n) is 14.8. The van der Waals surface area contributed by atoms with Crippen LogP contribution in [0, 0.1) is 19.8 Å². The van der Waals surface area contributed by atoms with E-state index in [1.54, 1.807) is 18.2 Å². The highest BCUT2D eigenvalue weighted by Gasteiger charge is 2.21. The Labute approximate surface area is 254 Å². The Hall–Kier alpha value is -4.58. The predicted octanol–water partition coefficient (Wildman–Crippen LogP) is 8.00. The van der Waals surface area contributed by atoms with Crippen molar-refractivity contribution in [2.75, 3.05) is 0 Å². The number of aliphatic carboxylic acids is 1. The van der Waals surface area contributed by atoms with Crippen molar-refractivity contribution in [2.45, 2.75) is 66.2 Å². The first-order valence-corrected chi connectivity index (χ1v) is 14.8. The zero-order chi connectivity index (χ0) is 30.8. The smallest absolute Gasteiger partial charge is 0.303 e. The summed E-state index contributed by atoms with van der Waals surface area (Å²) in [5.74, 6) is 0.531. The fourth-order valence-electron chi connectivity index (χ4n) is 5.10. The van der Waals surface area contributed by atoms with Crippen LogP contribution < -0.4 is 14.8 Å². The van der Waals surface area contributed by atoms with E-state index in [0.717, 1.165) is 40.0 Å². The van der Waals surface area contributed by atoms with E-state index in [4.69, 9.17) is 9.47 Å². The third-order valence-electron chi connectivity index (χ3n) is 7.17. The number of carbonyl (C=O) groups excluding carboxylic acids is 1. The lowest BCUT2D eigenvalue weighted by molar-refractivity contribution is -0.136. The molecule has 4 aromatic carbocycles. The minimum atomic E-state index is -0.907. The minimum absolute atomic E-state index is 0.0638. The number of carboxylic acids is 1. The number of carbonyl (C=O) groups is 2. The van der Waals surface area contributed by atoms with Crippen molar-refractivity contribution < 1.29 is 24.2 Å². The molecule has 43 heavy (non-hydrogen) atoms. The summed E-state index contributed by atoms with van der Waals surface area (Å²) in [6, 6.07) is 29.2. The predicted molar refractivity (Wildman–Crippen MR) is 170 cm³/mol. The summed E-state index contributed by atoms with van der Waals surface area (Å²) in [5, 5.41) is 12.5. The van der Waals surface area contributed by atoms with Crippen LogP contribution in [-0.2, 0) is 24.4 Å². The standard InChI is InChI=1S/C37H41NO5/c1-25(2)18-35(31-20-26(3)19-27(4)21-31)38-37(41)34-22-33(16-12-30(34)13-17-36(39)40)43-24-29-10-14-32(15-11-29)42-23-28-8-6-5-7-9-28/h5-12,14-16,19-22,25,35H,13,17-18,23-24H2,1-4H3,(H,38,41)(H,39,40). The molecular weight excluding hydrogens is 538 g/mol. The number of carboxylic acid groups (broad SMARTS) is 1. The minimum Gasteiger partial charge on any atom is -0.489 e. The van der Waals surface area contributed by atoms with E-state index in [-0.39, 0.29) is 24.8 Å². The Morgan fingerprint density at radius 3 is 2.00 bits per heavy atom. The Balaban J connectivity index is 1.48. The zero-order valence-electron chi connectivity index (χ0n) is 25.4. The van der Waals surface area contributed by atoms with Gasteiger partial charge in [0, 0.05) is 12.0 Å². The van der Waals surface area contributed by atoms with Gasteiger partial charge in [-0.2, -0.15) is 0 Å². The molecule has 0 heterocycles. The average molecular weight is 580 g/mol. The van der Waals surface area contributed by atoms with Crippen LogP contribution in [-0.4, -0.2) is 17.0 Å². The van der Waals surface area contributed by atoms with Crippen LogP contribution in [0.25, 0.3) is 0 Å². The first kappa shape index (κ1) is 31.4. The van der Waals surface area contributed by atoms with Gasteiger partial charge in [-0.05, 0) is 79.1 Å². The van der Waals surface area contributed by atoms with Gasteiger partial charge < -0.3 is 19.9 Å². The number of hydrogen-bond donors (Lipinski definition) is 2. The molecule has 0 saturated carbocycles. The molecule has 0 fully saturated rings. The van der Waals surface area contributed by atoms with E-state index in [1.807, 2.05) is 54.6 Å². The normalized spacial score (nSPS) is 11.7. The average Bonchev–Trinajstić information content (AvgIpc) is 2.98. The van der Waals surface area contributed by atoms with Gasteiger partial charge in [0.25, 0.3) is 5.91 Å². The van der Waals surface area contributed by atoms with Gasteiger partial charge in [-0.3, -0.25) is 9.59 Å². The SMILES string of the molecule is Cc1cc(C)cc(C(CC(C)C)NC(=O)c2cc(OCc3ccc(OCc4ccccc4)cc3)ccc2CCC(=O)O)c1. The van der Waals surface area contributed by atoms with Crippen molar-refractivity contribution in [3.8, 4) is 11.5 Å². The summed E-state index contributed by atoms with van der Waals surface area (Å²) in [7, 11) is 0. The number of amides is 1. The van der Waals surface area contributed by atoms with Crippen molar-refractivity contribution in [1.82, 2.24) is 5.32 Å². The highest BCUT2D eigenvalue weighted by atomic mass is 16.5. The summed E-state index contributed by atoms with van der Waals surface area (Å²) < 4.78 is 12.0. The molecule has 0 aromatic heterocycles. The second kappa shape index (κ2) is 15.1. The topological polar surface area (TPSA) is 84.9 Å². The van der Waals surface area contributed by atoms with Gasteiger partial charge in [0.15, 0.2) is 0 Å². The third-order valence-corrected chi connectivity index (χ3v) is 7.17. The van der Waals surface area contributed by atoms with Gasteiger partial charge in [-0.1, -0.05) is 91.7 Å². The largest absolute Gasteiger partial charge is 0.489 e. The molecule has 1 unspecified atom stereocenters. The van der Waals surface area contributed by atoms with Crippen LogP contribution in [0.4, 0.5) is 0 Å². The van der Waals surface area contributed by atoms with E-state index < -0.39 is 5.97 Å². The molecular formula is C37H41NO5. The van der Waals surface area contributed by atoms with Crippen molar-refractivity contribution in [2.24, 2.45) is 5.92 Å². The summed E-state index contributed by atoms with van der Waals surface area (Å²) >= 11 is 0. The van der Waals surface area contributed by atoms with Crippen LogP contribution in [0.5, 0.6) is 11.5 Å². The maximum Gasteiger partial charge on any atom is 0.303 e. The zero-order valence-corrected chi connectivity index (χ0v) is 25.4. The van der Waals surface area contributed by atoms with Gasteiger partial charge in [0.1, 0.15) is 24.7 Å². The molecule has 1 atom stereocenters. The van der Waals surface area contributed by atoms with Crippen LogP contribution in [0.3, 0.4) is 0 Å². The fourth-order valence-corrected chi connectivity index (χ4v) is 5.10. The Morgan fingerprint density at radius 2 is 1.37 bits per heavy atom. The molecule has 2 N–H and O–H groups in total. The van der Waals surface area contributed by atoms with E-state index in [9.17, 15) is 14.7 Å². The summed E-state index contributed by atoms with van der Waals surface area (Å²) in [4.78, 5) is 25.1. The second-order valence-electron chi connectivity index (χ2n) is 11.5. The summed E-state index contributed by atoms with van der Waals surface area (Å²) in [5.41, 5.74) is 6.52. The Bertz CT molecular complexity index is 1490. The van der Waals surface area contributed by atoms with Crippen LogP contribution >= 0.6 is 0 Å². The molecule has 4 aromatic rings. The van der Waals surface area contributed by atoms with E-state index in [1.165, 1.54) is 0 Å². The maximum atomic E-state index is 13.7. The van der Waals surface area contributed by atoms with Gasteiger partial charge in [0.05, 0.1) is 6.04 Å². The van der Waals surface area contributed by atoms with Gasteiger partial charge >= 0.3 is 5.97 Å². The monoisotopic (exact) mass is 579 g/mol. The van der Waals surface area contributed by atoms with Crippen molar-refractivity contribution in [3.05, 3.63) is 130 Å². The fraction of sp³-hybridized carbons (Fsp3) is 0.297. The van der Waals surface area contributed by atoms with Gasteiger partial charge in [-0.25, -0.2) is 0 Å². The molecule has 0 bridgehead atoms. The number of ether oxygens (including phenoxy) is 2. The Kier molecular flexibility index (Phi) is 11.0. The summed E-state index contributed by atoms with van der Waals surface area (Å²) in [6.07, 6.45) is 0.966. The highest BCUT2D eigenvalue weighted by Crippen LogP contribution is 2.26. The van der Waals surface area contributed by atoms with Gasteiger partial charge in [0.2, 0.25) is 0 Å². The first-order chi connectivity index (χ1) is 20.7. The molecule has 6 heteroatoms. The lowest BCUT2D eigenvalue weighted by atomic mass is 9.93. The summed E-state index contributed by atoms with van der Waals surface area (Å²) in [6.45, 7) is 9.19. The number of aryl methyl sites for hydroxylation is 3. The maximum absolute atomic E-state index is 13.7. The lowest BCUT2D eigenvalue weighted by Gasteiger charge is -2.23. The molecule has 0 aliphatic carbocycles. The number of hydrogen-bond acceptors (Lipinski definition) is 4.